The van der Waals surface area contributed by atoms with E-state index in [0.717, 1.165) is 58.3 Å². The number of hydrogen-bond donors (Lipinski definition) is 1. The lowest BCUT2D eigenvalue weighted by atomic mass is 9.99. The second-order valence-corrected chi connectivity index (χ2v) is 8.39. The third-order valence-corrected chi connectivity index (χ3v) is 6.49. The third-order valence-electron chi connectivity index (χ3n) is 6.49. The van der Waals surface area contributed by atoms with Crippen LogP contribution in [0.3, 0.4) is 0 Å². The number of likely N-dealkylation sites (tertiary alicyclic amines) is 1. The average molecular weight is 543 g/mol. The van der Waals surface area contributed by atoms with Gasteiger partial charge in [-0.3, -0.25) is 14.7 Å². The molecule has 2 aliphatic rings. The lowest BCUT2D eigenvalue weighted by molar-refractivity contribution is -0.145. The highest BCUT2D eigenvalue weighted by Gasteiger charge is 2.36. The van der Waals surface area contributed by atoms with E-state index >= 15 is 0 Å². The molecule has 0 radical (unpaired) electrons. The monoisotopic (exact) mass is 543 g/mol. The molecule has 1 N–H and O–H groups in total. The number of ether oxygens (including phenoxy) is 1. The second kappa shape index (κ2) is 12.6. The van der Waals surface area contributed by atoms with Gasteiger partial charge in [-0.25, -0.2) is 0 Å². The number of nitrogens with one attached hydrogen (secondary N) is 1. The number of carbonyl (C=O) groups is 1. The highest BCUT2D eigenvalue weighted by molar-refractivity contribution is 14.0. The zero-order valence-electron chi connectivity index (χ0n) is 19.3. The van der Waals surface area contributed by atoms with Crippen molar-refractivity contribution in [2.24, 2.45) is 16.8 Å². The molecule has 2 aliphatic heterocycles. The number of esters is 1. The molecule has 2 fully saturated rings. The van der Waals surface area contributed by atoms with E-state index in [9.17, 15) is 4.79 Å². The average Bonchev–Trinajstić information content (AvgIpc) is 3.16. The van der Waals surface area contributed by atoms with E-state index in [2.05, 4.69) is 63.1 Å². The maximum absolute atomic E-state index is 12.0. The molecular formula is C23H38IN5O2. The predicted molar refractivity (Wildman–Crippen MR) is 136 cm³/mol. The Bertz CT molecular complexity index is 736. The quantitative estimate of drug-likeness (QED) is 0.257. The molecule has 3 rings (SSSR count). The minimum absolute atomic E-state index is 0. The molecule has 1 aromatic carbocycles. The maximum atomic E-state index is 12.0. The van der Waals surface area contributed by atoms with Crippen molar-refractivity contribution in [1.82, 2.24) is 20.0 Å². The number of halogens is 1. The van der Waals surface area contributed by atoms with Gasteiger partial charge in [0.05, 0.1) is 13.0 Å². The number of carbonyl (C=O) groups excluding carboxylic acids is 1. The van der Waals surface area contributed by atoms with E-state index in [1.54, 1.807) is 7.05 Å². The van der Waals surface area contributed by atoms with Crippen molar-refractivity contribution < 1.29 is 9.53 Å². The maximum Gasteiger partial charge on any atom is 0.310 e. The zero-order chi connectivity index (χ0) is 21.5. The van der Waals surface area contributed by atoms with Crippen LogP contribution in [0.5, 0.6) is 0 Å². The summed E-state index contributed by atoms with van der Waals surface area (Å²) in [4.78, 5) is 23.7. The number of guanidine groups is 1. The second-order valence-electron chi connectivity index (χ2n) is 8.39. The van der Waals surface area contributed by atoms with Gasteiger partial charge >= 0.3 is 5.97 Å². The van der Waals surface area contributed by atoms with Gasteiger partial charge in [-0.2, -0.15) is 0 Å². The molecule has 2 saturated heterocycles. The highest BCUT2D eigenvalue weighted by Crippen LogP contribution is 2.24. The van der Waals surface area contributed by atoms with Gasteiger partial charge < -0.3 is 19.9 Å². The Morgan fingerprint density at radius 3 is 2.39 bits per heavy atom. The summed E-state index contributed by atoms with van der Waals surface area (Å²) in [6, 6.07) is 8.65. The molecular weight excluding hydrogens is 505 g/mol. The Hall–Kier alpha value is -1.39. The molecule has 2 atom stereocenters. The van der Waals surface area contributed by atoms with Gasteiger partial charge in [-0.1, -0.05) is 38.1 Å². The summed E-state index contributed by atoms with van der Waals surface area (Å²) in [6.45, 7) is 13.2. The van der Waals surface area contributed by atoms with Crippen LogP contribution >= 0.6 is 24.0 Å². The minimum Gasteiger partial charge on any atom is -0.469 e. The van der Waals surface area contributed by atoms with Crippen LogP contribution in [0.25, 0.3) is 0 Å². The summed E-state index contributed by atoms with van der Waals surface area (Å²) in [5.41, 5.74) is 2.67. The summed E-state index contributed by atoms with van der Waals surface area (Å²) in [6.07, 6.45) is 0. The minimum atomic E-state index is -0.131. The number of rotatable bonds is 6. The molecule has 174 valence electrons. The van der Waals surface area contributed by atoms with Crippen LogP contribution in [0.2, 0.25) is 0 Å². The van der Waals surface area contributed by atoms with E-state index in [0.29, 0.717) is 6.54 Å². The van der Waals surface area contributed by atoms with Gasteiger partial charge in [0, 0.05) is 59.4 Å². The molecule has 2 heterocycles. The summed E-state index contributed by atoms with van der Waals surface area (Å²) in [5.74, 6) is 0.876. The summed E-state index contributed by atoms with van der Waals surface area (Å²) >= 11 is 0. The first kappa shape index (κ1) is 25.9. The van der Waals surface area contributed by atoms with Gasteiger partial charge in [-0.15, -0.1) is 24.0 Å². The summed E-state index contributed by atoms with van der Waals surface area (Å²) in [7, 11) is 3.27. The summed E-state index contributed by atoms with van der Waals surface area (Å²) in [5, 5.41) is 3.52. The number of likely N-dealkylation sites (N-methyl/N-ethyl adjacent to an activating group) is 1. The standard InChI is InChI=1S/C23H37N5O2.HI/c1-5-26-10-12-27(13-11-26)16-20-9-7-6-8-19(20)14-25-23(24-3)28-15-18(2)21(17-28)22(29)30-4;/h6-9,18,21H,5,10-17H2,1-4H3,(H,24,25);1H. The number of nitrogens with zero attached hydrogens (tertiary/aromatic N) is 4. The molecule has 0 bridgehead atoms. The Morgan fingerprint density at radius 2 is 1.77 bits per heavy atom. The number of benzene rings is 1. The van der Waals surface area contributed by atoms with Crippen molar-refractivity contribution in [2.45, 2.75) is 26.9 Å². The van der Waals surface area contributed by atoms with Crippen molar-refractivity contribution in [3.8, 4) is 0 Å². The van der Waals surface area contributed by atoms with Crippen LogP contribution in [0.15, 0.2) is 29.3 Å². The molecule has 1 aromatic rings. The molecule has 0 spiro atoms. The Balaban J connectivity index is 0.00000341. The lowest BCUT2D eigenvalue weighted by Crippen LogP contribution is -2.45. The predicted octanol–water partition coefficient (Wildman–Crippen LogP) is 2.26. The fourth-order valence-electron chi connectivity index (χ4n) is 4.49. The molecule has 0 amide bonds. The number of piperazine rings is 1. The molecule has 8 heteroatoms. The van der Waals surface area contributed by atoms with Gasteiger partial charge in [-0.05, 0) is 23.6 Å². The van der Waals surface area contributed by atoms with E-state index in [1.807, 2.05) is 0 Å². The van der Waals surface area contributed by atoms with E-state index in [4.69, 9.17) is 4.74 Å². The Kier molecular flexibility index (Phi) is 10.5. The van der Waals surface area contributed by atoms with Crippen molar-refractivity contribution in [3.05, 3.63) is 35.4 Å². The molecule has 0 aromatic heterocycles. The van der Waals surface area contributed by atoms with Crippen LogP contribution in [-0.4, -0.2) is 86.6 Å². The van der Waals surface area contributed by atoms with Crippen molar-refractivity contribution >= 4 is 35.9 Å². The normalized spacial score (nSPS) is 22.8. The van der Waals surface area contributed by atoms with E-state index in [-0.39, 0.29) is 41.8 Å². The third kappa shape index (κ3) is 6.79. The SMILES string of the molecule is CCN1CCN(Cc2ccccc2CNC(=NC)N2CC(C)C(C(=O)OC)C2)CC1.I. The van der Waals surface area contributed by atoms with Gasteiger partial charge in [0.25, 0.3) is 0 Å². The first-order valence-corrected chi connectivity index (χ1v) is 11.1. The zero-order valence-corrected chi connectivity index (χ0v) is 21.7. The smallest absolute Gasteiger partial charge is 0.310 e. The molecule has 0 aliphatic carbocycles. The van der Waals surface area contributed by atoms with Crippen LogP contribution in [-0.2, 0) is 22.6 Å². The number of aliphatic imine (C=N–C) groups is 1. The summed E-state index contributed by atoms with van der Waals surface area (Å²) < 4.78 is 4.96. The van der Waals surface area contributed by atoms with Crippen LogP contribution in [0.1, 0.15) is 25.0 Å². The highest BCUT2D eigenvalue weighted by atomic mass is 127. The fraction of sp³-hybridized carbons (Fsp3) is 0.652. The number of methoxy groups -OCH3 is 1. The van der Waals surface area contributed by atoms with Crippen molar-refractivity contribution in [3.63, 3.8) is 0 Å². The van der Waals surface area contributed by atoms with Crippen molar-refractivity contribution in [2.75, 3.05) is 60.0 Å². The fourth-order valence-corrected chi connectivity index (χ4v) is 4.49. The number of hydrogen-bond acceptors (Lipinski definition) is 5. The van der Waals surface area contributed by atoms with Crippen LogP contribution in [0, 0.1) is 11.8 Å². The Labute approximate surface area is 204 Å². The Morgan fingerprint density at radius 1 is 1.13 bits per heavy atom. The molecule has 0 saturated carbocycles. The largest absolute Gasteiger partial charge is 0.469 e. The lowest BCUT2D eigenvalue weighted by Gasteiger charge is -2.34. The first-order chi connectivity index (χ1) is 14.5. The van der Waals surface area contributed by atoms with Crippen LogP contribution in [0.4, 0.5) is 0 Å². The molecule has 7 nitrogen and oxygen atoms in total. The van der Waals surface area contributed by atoms with Gasteiger partial charge in [0.1, 0.15) is 0 Å². The topological polar surface area (TPSA) is 60.4 Å². The van der Waals surface area contributed by atoms with Gasteiger partial charge in [0.15, 0.2) is 5.96 Å². The molecule has 2 unspecified atom stereocenters. The van der Waals surface area contributed by atoms with Gasteiger partial charge in [0.2, 0.25) is 0 Å². The van der Waals surface area contributed by atoms with E-state index < -0.39 is 0 Å². The van der Waals surface area contributed by atoms with Crippen LogP contribution < -0.4 is 5.32 Å². The van der Waals surface area contributed by atoms with Crippen molar-refractivity contribution in [1.29, 1.82) is 0 Å². The van der Waals surface area contributed by atoms with E-state index in [1.165, 1.54) is 18.2 Å². The molecule has 31 heavy (non-hydrogen) atoms. The first-order valence-electron chi connectivity index (χ1n) is 11.1.